The van der Waals surface area contributed by atoms with Crippen molar-refractivity contribution in [3.8, 4) is 0 Å². The summed E-state index contributed by atoms with van der Waals surface area (Å²) < 4.78 is 5.33. The molecule has 144 valence electrons. The molecule has 0 aromatic heterocycles. The Hall–Kier alpha value is -1.47. The van der Waals surface area contributed by atoms with Crippen molar-refractivity contribution in [2.24, 2.45) is 0 Å². The van der Waals surface area contributed by atoms with Crippen molar-refractivity contribution in [1.82, 2.24) is 10.2 Å². The number of carbonyl (C=O) groups excluding carboxylic acids is 1. The number of piperidine rings is 1. The topological polar surface area (TPSA) is 82.0 Å². The number of hydrogen-bond donors (Lipinski definition) is 3. The first kappa shape index (κ1) is 19.3. The summed E-state index contributed by atoms with van der Waals surface area (Å²) in [6, 6.07) is 0. The van der Waals surface area contributed by atoms with Crippen molar-refractivity contribution >= 4 is 5.91 Å². The smallest absolute Gasteiger partial charge is 0.251 e. The molecule has 0 radical (unpaired) electrons. The van der Waals surface area contributed by atoms with Crippen LogP contribution in [0.2, 0.25) is 0 Å². The van der Waals surface area contributed by atoms with Gasteiger partial charge in [-0.15, -0.1) is 0 Å². The maximum Gasteiger partial charge on any atom is 0.251 e. The average Bonchev–Trinajstić information content (AvgIpc) is 2.92. The zero-order chi connectivity index (χ0) is 18.5. The van der Waals surface area contributed by atoms with Gasteiger partial charge in [-0.1, -0.05) is 24.3 Å². The monoisotopic (exact) mass is 362 g/mol. The Morgan fingerprint density at radius 2 is 1.85 bits per heavy atom. The van der Waals surface area contributed by atoms with Crippen molar-refractivity contribution in [3.63, 3.8) is 0 Å². The molecule has 26 heavy (non-hydrogen) atoms. The molecule has 2 aliphatic heterocycles. The van der Waals surface area contributed by atoms with Crippen LogP contribution in [0.1, 0.15) is 32.1 Å². The van der Waals surface area contributed by atoms with Gasteiger partial charge in [0.25, 0.3) is 5.91 Å². The minimum absolute atomic E-state index is 0.153. The van der Waals surface area contributed by atoms with E-state index >= 15 is 0 Å². The van der Waals surface area contributed by atoms with Gasteiger partial charge in [0.05, 0.1) is 11.2 Å². The minimum atomic E-state index is -0.880. The van der Waals surface area contributed by atoms with Gasteiger partial charge >= 0.3 is 0 Å². The molecule has 6 nitrogen and oxygen atoms in total. The van der Waals surface area contributed by atoms with Crippen molar-refractivity contribution in [2.45, 2.75) is 43.3 Å². The van der Waals surface area contributed by atoms with E-state index in [0.29, 0.717) is 51.0 Å². The molecule has 0 aromatic rings. The van der Waals surface area contributed by atoms with Crippen molar-refractivity contribution in [3.05, 3.63) is 36.0 Å². The summed E-state index contributed by atoms with van der Waals surface area (Å²) >= 11 is 0. The fraction of sp³-hybridized carbons (Fsp3) is 0.650. The molecule has 0 aromatic carbocycles. The van der Waals surface area contributed by atoms with Crippen molar-refractivity contribution in [1.29, 1.82) is 0 Å². The lowest BCUT2D eigenvalue weighted by Gasteiger charge is -2.42. The molecule has 2 heterocycles. The first-order chi connectivity index (χ1) is 12.5. The Morgan fingerprint density at radius 1 is 1.12 bits per heavy atom. The lowest BCUT2D eigenvalue weighted by Crippen LogP contribution is -2.54. The summed E-state index contributed by atoms with van der Waals surface area (Å²) in [6.45, 7) is 3.55. The molecule has 2 fully saturated rings. The van der Waals surface area contributed by atoms with Gasteiger partial charge in [-0.2, -0.15) is 0 Å². The highest BCUT2D eigenvalue weighted by molar-refractivity contribution is 5.96. The third kappa shape index (κ3) is 5.27. The predicted molar refractivity (Wildman–Crippen MR) is 99.6 cm³/mol. The summed E-state index contributed by atoms with van der Waals surface area (Å²) in [5, 5.41) is 24.3. The van der Waals surface area contributed by atoms with E-state index in [9.17, 15) is 15.0 Å². The summed E-state index contributed by atoms with van der Waals surface area (Å²) in [4.78, 5) is 14.5. The maximum absolute atomic E-state index is 12.3. The molecular formula is C20H30N2O4. The average molecular weight is 362 g/mol. The van der Waals surface area contributed by atoms with E-state index in [-0.39, 0.29) is 12.5 Å². The molecular weight excluding hydrogens is 332 g/mol. The number of allylic oxidation sites excluding steroid dienone is 4. The van der Waals surface area contributed by atoms with Gasteiger partial charge in [0.1, 0.15) is 0 Å². The van der Waals surface area contributed by atoms with Crippen LogP contribution in [0.5, 0.6) is 0 Å². The molecule has 6 heteroatoms. The summed E-state index contributed by atoms with van der Waals surface area (Å²) in [5.74, 6) is -0.153. The SMILES string of the molecule is O=C(NCC1(O)CCN(CC2(O)CCOCC2)CC1)C1=CC=CCC=C1. The number of likely N-dealkylation sites (tertiary alicyclic amines) is 1. The zero-order valence-electron chi connectivity index (χ0n) is 15.3. The van der Waals surface area contributed by atoms with Crippen LogP contribution in [0.25, 0.3) is 0 Å². The Morgan fingerprint density at radius 3 is 2.58 bits per heavy atom. The maximum atomic E-state index is 12.3. The third-order valence-corrected chi connectivity index (χ3v) is 5.55. The Labute approximate surface area is 155 Å². The van der Waals surface area contributed by atoms with Gasteiger partial charge in [0.15, 0.2) is 0 Å². The zero-order valence-corrected chi connectivity index (χ0v) is 15.3. The van der Waals surface area contributed by atoms with E-state index in [4.69, 9.17) is 4.74 Å². The second-order valence-corrected chi connectivity index (χ2v) is 7.71. The number of carbonyl (C=O) groups is 1. The van der Waals surface area contributed by atoms with Crippen LogP contribution in [0, 0.1) is 0 Å². The molecule has 0 spiro atoms. The summed E-state index contributed by atoms with van der Waals surface area (Å²) in [6.07, 6.45) is 12.8. The van der Waals surface area contributed by atoms with Crippen LogP contribution >= 0.6 is 0 Å². The number of rotatable bonds is 5. The van der Waals surface area contributed by atoms with Crippen LogP contribution in [0.15, 0.2) is 36.0 Å². The Kier molecular flexibility index (Phi) is 6.29. The normalized spacial score (nSPS) is 25.4. The van der Waals surface area contributed by atoms with Crippen LogP contribution < -0.4 is 5.32 Å². The van der Waals surface area contributed by atoms with Crippen LogP contribution in [0.3, 0.4) is 0 Å². The third-order valence-electron chi connectivity index (χ3n) is 5.55. The second-order valence-electron chi connectivity index (χ2n) is 7.71. The fourth-order valence-corrected chi connectivity index (χ4v) is 3.71. The number of β-amino-alcohol motifs (C(OH)–C–C–N with tert-alkyl or cyclic N) is 1. The molecule has 0 unspecified atom stereocenters. The number of nitrogens with one attached hydrogen (secondary N) is 1. The minimum Gasteiger partial charge on any atom is -0.388 e. The van der Waals surface area contributed by atoms with Gasteiger partial charge in [-0.25, -0.2) is 0 Å². The second kappa shape index (κ2) is 8.48. The molecule has 0 atom stereocenters. The van der Waals surface area contributed by atoms with E-state index in [0.717, 1.165) is 19.5 Å². The molecule has 1 aliphatic carbocycles. The van der Waals surface area contributed by atoms with Gasteiger partial charge < -0.3 is 25.2 Å². The number of nitrogens with zero attached hydrogens (tertiary/aromatic N) is 1. The molecule has 1 amide bonds. The summed E-state index contributed by atoms with van der Waals surface area (Å²) in [5.41, 5.74) is -0.940. The molecule has 2 saturated heterocycles. The van der Waals surface area contributed by atoms with E-state index in [1.807, 2.05) is 24.3 Å². The molecule has 3 N–H and O–H groups in total. The molecule has 3 rings (SSSR count). The molecule has 0 saturated carbocycles. The number of aliphatic hydroxyl groups is 2. The largest absolute Gasteiger partial charge is 0.388 e. The Bertz CT molecular complexity index is 583. The van der Waals surface area contributed by atoms with Crippen LogP contribution in [-0.4, -0.2) is 71.6 Å². The molecule has 3 aliphatic rings. The number of ether oxygens (including phenoxy) is 1. The number of amides is 1. The first-order valence-electron chi connectivity index (χ1n) is 9.55. The summed E-state index contributed by atoms with van der Waals surface area (Å²) in [7, 11) is 0. The quantitative estimate of drug-likeness (QED) is 0.677. The van der Waals surface area contributed by atoms with Gasteiger partial charge in [-0.05, 0) is 25.3 Å². The van der Waals surface area contributed by atoms with Crippen molar-refractivity contribution < 1.29 is 19.7 Å². The van der Waals surface area contributed by atoms with Gasteiger partial charge in [-0.3, -0.25) is 4.79 Å². The van der Waals surface area contributed by atoms with Crippen molar-refractivity contribution in [2.75, 3.05) is 39.4 Å². The van der Waals surface area contributed by atoms with Crippen LogP contribution in [0.4, 0.5) is 0 Å². The van der Waals surface area contributed by atoms with E-state index < -0.39 is 11.2 Å². The lowest BCUT2D eigenvalue weighted by molar-refractivity contribution is -0.119. The fourth-order valence-electron chi connectivity index (χ4n) is 3.71. The van der Waals surface area contributed by atoms with E-state index in [1.54, 1.807) is 6.08 Å². The first-order valence-corrected chi connectivity index (χ1v) is 9.55. The predicted octanol–water partition coefficient (Wildman–Crippen LogP) is 0.913. The standard InChI is InChI=1S/C20H30N2O4/c23-18(17-5-3-1-2-4-6-17)21-15-19(24)7-11-22(12-8-19)16-20(25)9-13-26-14-10-20/h1,3-6,24-25H,2,7-16H2,(H,21,23). The van der Waals surface area contributed by atoms with Crippen LogP contribution in [-0.2, 0) is 9.53 Å². The van der Waals surface area contributed by atoms with E-state index in [1.165, 1.54) is 0 Å². The Balaban J connectivity index is 1.45. The molecule has 0 bridgehead atoms. The number of hydrogen-bond acceptors (Lipinski definition) is 5. The van der Waals surface area contributed by atoms with E-state index in [2.05, 4.69) is 10.2 Å². The van der Waals surface area contributed by atoms with Gasteiger partial charge in [0, 0.05) is 57.8 Å². The highest BCUT2D eigenvalue weighted by Gasteiger charge is 2.37. The highest BCUT2D eigenvalue weighted by atomic mass is 16.5. The van der Waals surface area contributed by atoms with Gasteiger partial charge in [0.2, 0.25) is 0 Å². The highest BCUT2D eigenvalue weighted by Crippen LogP contribution is 2.26. The lowest BCUT2D eigenvalue weighted by atomic mass is 9.88.